The molecule has 0 aliphatic heterocycles. The van der Waals surface area contributed by atoms with Crippen molar-refractivity contribution in [3.63, 3.8) is 0 Å². The SMILES string of the molecule is CC[C@@H](NC(=O)CCSCC(O)CO)C(=O)OC. The Morgan fingerprint density at radius 3 is 2.61 bits per heavy atom. The first-order valence-electron chi connectivity index (χ1n) is 5.79. The lowest BCUT2D eigenvalue weighted by Gasteiger charge is -2.14. The molecule has 0 spiro atoms. The van der Waals surface area contributed by atoms with E-state index in [-0.39, 0.29) is 18.9 Å². The maximum absolute atomic E-state index is 11.5. The summed E-state index contributed by atoms with van der Waals surface area (Å²) < 4.78 is 4.56. The van der Waals surface area contributed by atoms with Crippen molar-refractivity contribution in [3.05, 3.63) is 0 Å². The van der Waals surface area contributed by atoms with E-state index >= 15 is 0 Å². The van der Waals surface area contributed by atoms with E-state index in [1.54, 1.807) is 6.92 Å². The molecule has 0 radical (unpaired) electrons. The van der Waals surface area contributed by atoms with Crippen LogP contribution >= 0.6 is 11.8 Å². The van der Waals surface area contributed by atoms with E-state index in [1.807, 2.05) is 0 Å². The van der Waals surface area contributed by atoms with Gasteiger partial charge in [0, 0.05) is 17.9 Å². The third kappa shape index (κ3) is 7.52. The summed E-state index contributed by atoms with van der Waals surface area (Å²) in [5, 5.41) is 20.2. The minimum atomic E-state index is -0.753. The van der Waals surface area contributed by atoms with Crippen molar-refractivity contribution in [1.29, 1.82) is 0 Å². The lowest BCUT2D eigenvalue weighted by atomic mass is 10.2. The van der Waals surface area contributed by atoms with Crippen molar-refractivity contribution >= 4 is 23.6 Å². The number of nitrogens with one attached hydrogen (secondary N) is 1. The molecule has 0 saturated carbocycles. The summed E-state index contributed by atoms with van der Waals surface area (Å²) in [6, 6.07) is -0.601. The Balaban J connectivity index is 3.79. The molecular weight excluding hydrogens is 258 g/mol. The molecule has 6 nitrogen and oxygen atoms in total. The number of thioether (sulfide) groups is 1. The monoisotopic (exact) mass is 279 g/mol. The third-order valence-corrected chi connectivity index (χ3v) is 3.34. The average molecular weight is 279 g/mol. The van der Waals surface area contributed by atoms with E-state index < -0.39 is 18.1 Å². The van der Waals surface area contributed by atoms with Gasteiger partial charge in [-0.2, -0.15) is 11.8 Å². The standard InChI is InChI=1S/C11H21NO5S/c1-3-9(11(16)17-2)12-10(15)4-5-18-7-8(14)6-13/h8-9,13-14H,3-7H2,1-2H3,(H,12,15)/t8?,9-/m1/s1. The van der Waals surface area contributed by atoms with Crippen LogP contribution in [0.5, 0.6) is 0 Å². The Morgan fingerprint density at radius 2 is 2.11 bits per heavy atom. The second-order valence-electron chi connectivity index (χ2n) is 3.71. The predicted molar refractivity (Wildman–Crippen MR) is 69.3 cm³/mol. The molecule has 0 saturated heterocycles. The van der Waals surface area contributed by atoms with Gasteiger partial charge >= 0.3 is 5.97 Å². The van der Waals surface area contributed by atoms with Crippen molar-refractivity contribution in [2.45, 2.75) is 31.9 Å². The molecule has 7 heteroatoms. The quantitative estimate of drug-likeness (QED) is 0.390. The Kier molecular flexibility index (Phi) is 9.72. The maximum Gasteiger partial charge on any atom is 0.328 e. The predicted octanol–water partition coefficient (Wildman–Crippen LogP) is -0.469. The highest BCUT2D eigenvalue weighted by Crippen LogP contribution is 2.05. The molecule has 1 amide bonds. The number of aliphatic hydroxyl groups excluding tert-OH is 2. The molecule has 0 fully saturated rings. The van der Waals surface area contributed by atoms with E-state index in [9.17, 15) is 9.59 Å². The second kappa shape index (κ2) is 10.2. The molecule has 3 N–H and O–H groups in total. The minimum absolute atomic E-state index is 0.224. The number of rotatable bonds is 9. The van der Waals surface area contributed by atoms with Crippen LogP contribution in [0.4, 0.5) is 0 Å². The van der Waals surface area contributed by atoms with E-state index in [4.69, 9.17) is 10.2 Å². The largest absolute Gasteiger partial charge is 0.467 e. The summed E-state index contributed by atoms with van der Waals surface area (Å²) in [4.78, 5) is 22.7. The minimum Gasteiger partial charge on any atom is -0.467 e. The summed E-state index contributed by atoms with van der Waals surface area (Å²) in [6.07, 6.45) is -0.0121. The first kappa shape index (κ1) is 17.2. The van der Waals surface area contributed by atoms with E-state index in [1.165, 1.54) is 18.9 Å². The molecule has 0 aliphatic carbocycles. The van der Waals surface area contributed by atoms with Crippen molar-refractivity contribution in [2.24, 2.45) is 0 Å². The second-order valence-corrected chi connectivity index (χ2v) is 4.86. The zero-order chi connectivity index (χ0) is 14.0. The van der Waals surface area contributed by atoms with Crippen molar-refractivity contribution in [3.8, 4) is 0 Å². The van der Waals surface area contributed by atoms with Gasteiger partial charge in [-0.05, 0) is 6.42 Å². The zero-order valence-corrected chi connectivity index (χ0v) is 11.5. The van der Waals surface area contributed by atoms with Crippen LogP contribution in [0.3, 0.4) is 0 Å². The Morgan fingerprint density at radius 1 is 1.44 bits per heavy atom. The number of methoxy groups -OCH3 is 1. The summed E-state index contributed by atoms with van der Waals surface area (Å²) in [5.41, 5.74) is 0. The van der Waals surface area contributed by atoms with Crippen LogP contribution < -0.4 is 5.32 Å². The van der Waals surface area contributed by atoms with Crippen molar-refractivity contribution < 1.29 is 24.5 Å². The van der Waals surface area contributed by atoms with Gasteiger partial charge in [0.1, 0.15) is 6.04 Å². The smallest absolute Gasteiger partial charge is 0.328 e. The zero-order valence-electron chi connectivity index (χ0n) is 10.7. The van der Waals surface area contributed by atoms with Crippen LogP contribution in [0, 0.1) is 0 Å². The van der Waals surface area contributed by atoms with Crippen LogP contribution in [-0.4, -0.2) is 59.5 Å². The number of hydrogen-bond acceptors (Lipinski definition) is 6. The summed E-state index contributed by atoms with van der Waals surface area (Å²) >= 11 is 1.38. The lowest BCUT2D eigenvalue weighted by Crippen LogP contribution is -2.41. The highest BCUT2D eigenvalue weighted by molar-refractivity contribution is 7.99. The van der Waals surface area contributed by atoms with Gasteiger partial charge in [-0.15, -0.1) is 0 Å². The molecule has 0 aliphatic rings. The highest BCUT2D eigenvalue weighted by atomic mass is 32.2. The van der Waals surface area contributed by atoms with E-state index in [2.05, 4.69) is 10.1 Å². The Bertz CT molecular complexity index is 262. The first-order chi connectivity index (χ1) is 8.54. The van der Waals surface area contributed by atoms with Gasteiger partial charge < -0.3 is 20.3 Å². The molecular formula is C11H21NO5S. The van der Waals surface area contributed by atoms with E-state index in [0.29, 0.717) is 17.9 Å². The van der Waals surface area contributed by atoms with Gasteiger partial charge in [0.15, 0.2) is 0 Å². The Labute approximate surface area is 111 Å². The van der Waals surface area contributed by atoms with Gasteiger partial charge in [0.25, 0.3) is 0 Å². The number of hydrogen-bond donors (Lipinski definition) is 3. The number of carbonyl (C=O) groups is 2. The molecule has 0 heterocycles. The fourth-order valence-electron chi connectivity index (χ4n) is 1.17. The molecule has 0 aromatic carbocycles. The number of ether oxygens (including phenoxy) is 1. The maximum atomic E-state index is 11.5. The lowest BCUT2D eigenvalue weighted by molar-refractivity contribution is -0.145. The summed E-state index contributed by atoms with van der Waals surface area (Å²) in [5.74, 6) is 0.242. The number of carbonyl (C=O) groups excluding carboxylic acids is 2. The van der Waals surface area contributed by atoms with Crippen LogP contribution in [0.15, 0.2) is 0 Å². The highest BCUT2D eigenvalue weighted by Gasteiger charge is 2.18. The van der Waals surface area contributed by atoms with Crippen LogP contribution in [0.25, 0.3) is 0 Å². The number of aliphatic hydroxyl groups is 2. The van der Waals surface area contributed by atoms with Gasteiger partial charge in [-0.25, -0.2) is 4.79 Å². The van der Waals surface area contributed by atoms with Crippen LogP contribution in [0.2, 0.25) is 0 Å². The molecule has 2 atom stereocenters. The molecule has 0 aromatic rings. The van der Waals surface area contributed by atoms with Crippen molar-refractivity contribution in [1.82, 2.24) is 5.32 Å². The average Bonchev–Trinajstić information content (AvgIpc) is 2.39. The molecule has 0 bridgehead atoms. The van der Waals surface area contributed by atoms with Crippen LogP contribution in [-0.2, 0) is 14.3 Å². The topological polar surface area (TPSA) is 95.9 Å². The first-order valence-corrected chi connectivity index (χ1v) is 6.94. The third-order valence-electron chi connectivity index (χ3n) is 2.22. The molecule has 0 rings (SSSR count). The normalized spacial score (nSPS) is 13.8. The fourth-order valence-corrected chi connectivity index (χ4v) is 2.05. The Hall–Kier alpha value is -0.790. The number of esters is 1. The van der Waals surface area contributed by atoms with Crippen LogP contribution in [0.1, 0.15) is 19.8 Å². The van der Waals surface area contributed by atoms with Crippen molar-refractivity contribution in [2.75, 3.05) is 25.2 Å². The summed E-state index contributed by atoms with van der Waals surface area (Å²) in [6.45, 7) is 1.51. The molecule has 18 heavy (non-hydrogen) atoms. The van der Waals surface area contributed by atoms with E-state index in [0.717, 1.165) is 0 Å². The molecule has 0 aromatic heterocycles. The van der Waals surface area contributed by atoms with Gasteiger partial charge in [-0.1, -0.05) is 6.92 Å². The molecule has 106 valence electrons. The van der Waals surface area contributed by atoms with Gasteiger partial charge in [0.2, 0.25) is 5.91 Å². The molecule has 1 unspecified atom stereocenters. The van der Waals surface area contributed by atoms with Gasteiger partial charge in [0.05, 0.1) is 19.8 Å². The number of amides is 1. The summed E-state index contributed by atoms with van der Waals surface area (Å²) in [7, 11) is 1.28. The van der Waals surface area contributed by atoms with Gasteiger partial charge in [-0.3, -0.25) is 4.79 Å². The fraction of sp³-hybridized carbons (Fsp3) is 0.818.